The van der Waals surface area contributed by atoms with Gasteiger partial charge < -0.3 is 10.6 Å². The molecule has 2 N–H and O–H groups in total. The smallest absolute Gasteiger partial charge is 0.230 e. The van der Waals surface area contributed by atoms with Crippen molar-refractivity contribution in [2.24, 2.45) is 5.92 Å². The lowest BCUT2D eigenvalue weighted by atomic mass is 9.89. The van der Waals surface area contributed by atoms with Gasteiger partial charge in [-0.2, -0.15) is 0 Å². The zero-order valence-electron chi connectivity index (χ0n) is 12.1. The average molecular weight is 328 g/mol. The molecule has 0 spiro atoms. The van der Waals surface area contributed by atoms with Crippen LogP contribution in [0.5, 0.6) is 0 Å². The minimum Gasteiger partial charge on any atom is -0.355 e. The van der Waals surface area contributed by atoms with E-state index in [-0.39, 0.29) is 11.8 Å². The van der Waals surface area contributed by atoms with Gasteiger partial charge in [0, 0.05) is 13.5 Å². The van der Waals surface area contributed by atoms with Gasteiger partial charge in [-0.1, -0.05) is 42.4 Å². The van der Waals surface area contributed by atoms with Crippen LogP contribution in [0, 0.1) is 5.92 Å². The number of anilines is 1. The molecule has 21 heavy (non-hydrogen) atoms. The molecule has 0 saturated heterocycles. The first-order valence-electron chi connectivity index (χ1n) is 7.14. The van der Waals surface area contributed by atoms with Crippen molar-refractivity contribution < 1.29 is 9.59 Å². The van der Waals surface area contributed by atoms with Gasteiger partial charge in [0.25, 0.3) is 0 Å². The number of carbonyl (C=O) groups excluding carboxylic acids is 2. The van der Waals surface area contributed by atoms with Gasteiger partial charge in [0.15, 0.2) is 4.34 Å². The third kappa shape index (κ3) is 6.01. The summed E-state index contributed by atoms with van der Waals surface area (Å²) in [5.74, 6) is 0.830. The molecule has 0 atom stereocenters. The normalized spacial score (nSPS) is 15.7. The topological polar surface area (TPSA) is 84.0 Å². The summed E-state index contributed by atoms with van der Waals surface area (Å²) in [7, 11) is 0. The maximum Gasteiger partial charge on any atom is 0.230 e. The molecule has 1 saturated carbocycles. The van der Waals surface area contributed by atoms with Crippen LogP contribution in [0.4, 0.5) is 5.13 Å². The molecular weight excluding hydrogens is 308 g/mol. The fourth-order valence-electron chi connectivity index (χ4n) is 2.30. The number of nitrogens with zero attached hydrogens (tertiary/aromatic N) is 2. The van der Waals surface area contributed by atoms with Crippen molar-refractivity contribution in [3.05, 3.63) is 0 Å². The highest BCUT2D eigenvalue weighted by atomic mass is 32.2. The SMILES string of the molecule is CC(=O)Nc1nnc(SCC(=O)NCC2CCCCC2)s1. The lowest BCUT2D eigenvalue weighted by Gasteiger charge is -2.21. The molecule has 116 valence electrons. The number of aromatic nitrogens is 2. The fourth-order valence-corrected chi connectivity index (χ4v) is 3.92. The molecule has 6 nitrogen and oxygen atoms in total. The molecule has 0 aromatic carbocycles. The Morgan fingerprint density at radius 2 is 2.05 bits per heavy atom. The van der Waals surface area contributed by atoms with Gasteiger partial charge in [-0.25, -0.2) is 0 Å². The van der Waals surface area contributed by atoms with E-state index in [1.807, 2.05) is 0 Å². The van der Waals surface area contributed by atoms with Gasteiger partial charge in [0.1, 0.15) is 0 Å². The molecule has 0 bridgehead atoms. The Morgan fingerprint density at radius 3 is 2.76 bits per heavy atom. The van der Waals surface area contributed by atoms with Crippen LogP contribution >= 0.6 is 23.1 Å². The number of hydrogen-bond donors (Lipinski definition) is 2. The largest absolute Gasteiger partial charge is 0.355 e. The Labute approximate surface area is 132 Å². The number of thioether (sulfide) groups is 1. The summed E-state index contributed by atoms with van der Waals surface area (Å²) in [5, 5.41) is 13.8. The Hall–Kier alpha value is -1.15. The monoisotopic (exact) mass is 328 g/mol. The summed E-state index contributed by atoms with van der Waals surface area (Å²) in [6.07, 6.45) is 6.35. The Balaban J connectivity index is 1.66. The Morgan fingerprint density at radius 1 is 1.29 bits per heavy atom. The molecule has 8 heteroatoms. The number of nitrogens with one attached hydrogen (secondary N) is 2. The van der Waals surface area contributed by atoms with E-state index < -0.39 is 0 Å². The molecular formula is C13H20N4O2S2. The first kappa shape index (κ1) is 16.2. The van der Waals surface area contributed by atoms with Crippen LogP contribution in [0.2, 0.25) is 0 Å². The molecule has 1 aromatic heterocycles. The van der Waals surface area contributed by atoms with Crippen molar-refractivity contribution in [2.45, 2.75) is 43.4 Å². The summed E-state index contributed by atoms with van der Waals surface area (Å²) < 4.78 is 0.687. The molecule has 1 aromatic rings. The lowest BCUT2D eigenvalue weighted by molar-refractivity contribution is -0.118. The highest BCUT2D eigenvalue weighted by molar-refractivity contribution is 8.01. The Kier molecular flexibility index (Phi) is 6.44. The quantitative estimate of drug-likeness (QED) is 0.618. The molecule has 0 radical (unpaired) electrons. The maximum atomic E-state index is 11.8. The van der Waals surface area contributed by atoms with Crippen molar-refractivity contribution in [3.63, 3.8) is 0 Å². The number of rotatable bonds is 6. The van der Waals surface area contributed by atoms with E-state index in [0.717, 1.165) is 6.54 Å². The van der Waals surface area contributed by atoms with Crippen LogP contribution < -0.4 is 10.6 Å². The highest BCUT2D eigenvalue weighted by Gasteiger charge is 2.14. The second-order valence-electron chi connectivity index (χ2n) is 5.15. The minimum atomic E-state index is -0.173. The summed E-state index contributed by atoms with van der Waals surface area (Å²) in [5.41, 5.74) is 0. The van der Waals surface area contributed by atoms with Crippen molar-refractivity contribution in [1.29, 1.82) is 0 Å². The van der Waals surface area contributed by atoms with Crippen LogP contribution in [0.15, 0.2) is 4.34 Å². The van der Waals surface area contributed by atoms with E-state index in [2.05, 4.69) is 20.8 Å². The first-order chi connectivity index (χ1) is 10.1. The third-order valence-corrected chi connectivity index (χ3v) is 5.30. The van der Waals surface area contributed by atoms with Gasteiger partial charge in [0.05, 0.1) is 5.75 Å². The number of carbonyl (C=O) groups is 2. The minimum absolute atomic E-state index is 0.0295. The van der Waals surface area contributed by atoms with Crippen LogP contribution in [0.3, 0.4) is 0 Å². The molecule has 2 rings (SSSR count). The van der Waals surface area contributed by atoms with Gasteiger partial charge in [-0.3, -0.25) is 9.59 Å². The van der Waals surface area contributed by atoms with E-state index in [1.165, 1.54) is 62.1 Å². The predicted octanol–water partition coefficient (Wildman–Crippen LogP) is 2.29. The fraction of sp³-hybridized carbons (Fsp3) is 0.692. The second kappa shape index (κ2) is 8.33. The van der Waals surface area contributed by atoms with Crippen molar-refractivity contribution in [3.8, 4) is 0 Å². The van der Waals surface area contributed by atoms with Gasteiger partial charge >= 0.3 is 0 Å². The standard InChI is InChI=1S/C13H20N4O2S2/c1-9(18)15-12-16-17-13(21-12)20-8-11(19)14-7-10-5-3-2-4-6-10/h10H,2-8H2,1H3,(H,14,19)(H,15,16,18). The van der Waals surface area contributed by atoms with E-state index in [4.69, 9.17) is 0 Å². The van der Waals surface area contributed by atoms with Crippen LogP contribution in [-0.2, 0) is 9.59 Å². The lowest BCUT2D eigenvalue weighted by Crippen LogP contribution is -2.31. The van der Waals surface area contributed by atoms with E-state index in [9.17, 15) is 9.59 Å². The zero-order valence-corrected chi connectivity index (χ0v) is 13.7. The van der Waals surface area contributed by atoms with Crippen LogP contribution in [-0.4, -0.2) is 34.3 Å². The summed E-state index contributed by atoms with van der Waals surface area (Å²) >= 11 is 2.62. The van der Waals surface area contributed by atoms with Gasteiger partial charge in [-0.05, 0) is 18.8 Å². The molecule has 2 amide bonds. The predicted molar refractivity (Wildman–Crippen MR) is 84.5 cm³/mol. The van der Waals surface area contributed by atoms with E-state index in [0.29, 0.717) is 21.1 Å². The molecule has 1 aliphatic rings. The molecule has 0 aliphatic heterocycles. The zero-order chi connectivity index (χ0) is 15.1. The first-order valence-corrected chi connectivity index (χ1v) is 8.94. The van der Waals surface area contributed by atoms with Crippen molar-refractivity contribution in [2.75, 3.05) is 17.6 Å². The number of hydrogen-bond acceptors (Lipinski definition) is 6. The van der Waals surface area contributed by atoms with Crippen LogP contribution in [0.25, 0.3) is 0 Å². The molecule has 1 fully saturated rings. The van der Waals surface area contributed by atoms with Crippen molar-refractivity contribution >= 4 is 40.0 Å². The van der Waals surface area contributed by atoms with Crippen LogP contribution in [0.1, 0.15) is 39.0 Å². The average Bonchev–Trinajstić information content (AvgIpc) is 2.91. The van der Waals surface area contributed by atoms with Crippen molar-refractivity contribution in [1.82, 2.24) is 15.5 Å². The molecule has 0 unspecified atom stereocenters. The molecule has 1 heterocycles. The molecule has 1 aliphatic carbocycles. The summed E-state index contributed by atoms with van der Waals surface area (Å²) in [6, 6.07) is 0. The van der Waals surface area contributed by atoms with E-state index >= 15 is 0 Å². The number of amides is 2. The second-order valence-corrected chi connectivity index (χ2v) is 7.35. The Bertz CT molecular complexity index is 486. The maximum absolute atomic E-state index is 11.8. The summed E-state index contributed by atoms with van der Waals surface area (Å²) in [4.78, 5) is 22.7. The van der Waals surface area contributed by atoms with E-state index in [1.54, 1.807) is 0 Å². The third-order valence-electron chi connectivity index (χ3n) is 3.33. The van der Waals surface area contributed by atoms with Gasteiger partial charge in [0.2, 0.25) is 16.9 Å². The highest BCUT2D eigenvalue weighted by Crippen LogP contribution is 2.25. The summed E-state index contributed by atoms with van der Waals surface area (Å²) in [6.45, 7) is 2.21. The van der Waals surface area contributed by atoms with Gasteiger partial charge in [-0.15, -0.1) is 10.2 Å².